The summed E-state index contributed by atoms with van der Waals surface area (Å²) in [7, 11) is 0. The molecule has 0 aromatic carbocycles. The van der Waals surface area contributed by atoms with Crippen LogP contribution in [0.4, 0.5) is 0 Å². The Balaban J connectivity index is 1.90. The number of furan rings is 1. The van der Waals surface area contributed by atoms with Gasteiger partial charge in [-0.3, -0.25) is 0 Å². The quantitative estimate of drug-likeness (QED) is 0.770. The monoisotopic (exact) mass is 179 g/mol. The van der Waals surface area contributed by atoms with Gasteiger partial charge in [0.05, 0.1) is 0 Å². The summed E-state index contributed by atoms with van der Waals surface area (Å²) in [5.74, 6) is 2.93. The van der Waals surface area contributed by atoms with Gasteiger partial charge in [0.1, 0.15) is 11.5 Å². The zero-order valence-electron chi connectivity index (χ0n) is 8.55. The summed E-state index contributed by atoms with van der Waals surface area (Å²) in [6.07, 6.45) is 1.33. The molecule has 13 heavy (non-hydrogen) atoms. The Labute approximate surface area is 79.3 Å². The van der Waals surface area contributed by atoms with Crippen molar-refractivity contribution >= 4 is 0 Å². The van der Waals surface area contributed by atoms with Crippen LogP contribution in [0.3, 0.4) is 0 Å². The highest BCUT2D eigenvalue weighted by Crippen LogP contribution is 2.29. The van der Waals surface area contributed by atoms with E-state index in [1.165, 1.54) is 12.0 Å². The second-order valence-corrected chi connectivity index (χ2v) is 4.14. The zero-order chi connectivity index (χ0) is 9.42. The first-order valence-corrected chi connectivity index (χ1v) is 4.96. The van der Waals surface area contributed by atoms with Crippen molar-refractivity contribution in [1.29, 1.82) is 0 Å². The fourth-order valence-electron chi connectivity index (χ4n) is 1.71. The van der Waals surface area contributed by atoms with Gasteiger partial charge in [-0.15, -0.1) is 0 Å². The molecule has 1 saturated carbocycles. The van der Waals surface area contributed by atoms with Gasteiger partial charge in [0.15, 0.2) is 0 Å². The predicted octanol–water partition coefficient (Wildman–Crippen LogP) is 2.39. The Morgan fingerprint density at radius 1 is 1.54 bits per heavy atom. The average molecular weight is 179 g/mol. The lowest BCUT2D eigenvalue weighted by molar-refractivity contribution is 0.498. The van der Waals surface area contributed by atoms with Gasteiger partial charge in [-0.2, -0.15) is 0 Å². The van der Waals surface area contributed by atoms with Crippen LogP contribution in [0.15, 0.2) is 10.5 Å². The second-order valence-electron chi connectivity index (χ2n) is 4.14. The third kappa shape index (κ3) is 1.94. The zero-order valence-corrected chi connectivity index (χ0v) is 8.55. The minimum atomic E-state index is 0.745. The Morgan fingerprint density at radius 3 is 2.69 bits per heavy atom. The molecule has 72 valence electrons. The minimum Gasteiger partial charge on any atom is -0.466 e. The summed E-state index contributed by atoms with van der Waals surface area (Å²) in [6, 6.07) is 2.87. The molecule has 0 spiro atoms. The summed E-state index contributed by atoms with van der Waals surface area (Å²) >= 11 is 0. The van der Waals surface area contributed by atoms with Crippen molar-refractivity contribution in [2.24, 2.45) is 5.92 Å². The van der Waals surface area contributed by atoms with Gasteiger partial charge in [0, 0.05) is 18.2 Å². The summed E-state index contributed by atoms with van der Waals surface area (Å²) in [5, 5.41) is 3.52. The molecule has 0 bridgehead atoms. The van der Waals surface area contributed by atoms with E-state index in [-0.39, 0.29) is 0 Å². The molecule has 0 unspecified atom stereocenters. The Hall–Kier alpha value is -0.760. The van der Waals surface area contributed by atoms with E-state index in [0.29, 0.717) is 0 Å². The number of rotatable bonds is 3. The standard InChI is InChI=1S/C11H17NO/c1-7-4-11(7)12-6-10-5-8(2)13-9(10)3/h5,7,11-12H,4,6H2,1-3H3/t7-,11-/m1/s1. The van der Waals surface area contributed by atoms with Gasteiger partial charge in [-0.25, -0.2) is 0 Å². The molecule has 0 aliphatic heterocycles. The summed E-state index contributed by atoms with van der Waals surface area (Å²) in [6.45, 7) is 7.26. The molecule has 0 amide bonds. The highest BCUT2D eigenvalue weighted by atomic mass is 16.3. The molecule has 2 heteroatoms. The van der Waals surface area contributed by atoms with Gasteiger partial charge < -0.3 is 9.73 Å². The predicted molar refractivity (Wildman–Crippen MR) is 52.6 cm³/mol. The lowest BCUT2D eigenvalue weighted by Crippen LogP contribution is -2.17. The van der Waals surface area contributed by atoms with Crippen molar-refractivity contribution in [2.45, 2.75) is 39.8 Å². The molecule has 1 aliphatic rings. The van der Waals surface area contributed by atoms with Crippen LogP contribution in [0.2, 0.25) is 0 Å². The van der Waals surface area contributed by atoms with Crippen LogP contribution in [0.25, 0.3) is 0 Å². The smallest absolute Gasteiger partial charge is 0.105 e. The normalized spacial score (nSPS) is 26.4. The van der Waals surface area contributed by atoms with Gasteiger partial charge in [0.25, 0.3) is 0 Å². The first-order chi connectivity index (χ1) is 6.16. The van der Waals surface area contributed by atoms with Crippen molar-refractivity contribution in [3.05, 3.63) is 23.2 Å². The number of aryl methyl sites for hydroxylation is 2. The van der Waals surface area contributed by atoms with Crippen molar-refractivity contribution in [3.8, 4) is 0 Å². The lowest BCUT2D eigenvalue weighted by Gasteiger charge is -2.00. The van der Waals surface area contributed by atoms with Crippen molar-refractivity contribution in [3.63, 3.8) is 0 Å². The van der Waals surface area contributed by atoms with E-state index in [4.69, 9.17) is 4.42 Å². The highest BCUT2D eigenvalue weighted by molar-refractivity contribution is 5.20. The van der Waals surface area contributed by atoms with Crippen molar-refractivity contribution in [2.75, 3.05) is 0 Å². The first kappa shape index (κ1) is 8.82. The fraction of sp³-hybridized carbons (Fsp3) is 0.636. The van der Waals surface area contributed by atoms with Gasteiger partial charge in [-0.05, 0) is 32.3 Å². The maximum absolute atomic E-state index is 5.45. The lowest BCUT2D eigenvalue weighted by atomic mass is 10.2. The summed E-state index contributed by atoms with van der Waals surface area (Å²) in [4.78, 5) is 0. The molecule has 1 heterocycles. The Morgan fingerprint density at radius 2 is 2.23 bits per heavy atom. The average Bonchev–Trinajstić information content (AvgIpc) is 2.65. The molecular weight excluding hydrogens is 162 g/mol. The van der Waals surface area contributed by atoms with E-state index >= 15 is 0 Å². The van der Waals surface area contributed by atoms with Crippen molar-refractivity contribution in [1.82, 2.24) is 5.32 Å². The molecule has 1 fully saturated rings. The van der Waals surface area contributed by atoms with Crippen LogP contribution in [-0.4, -0.2) is 6.04 Å². The minimum absolute atomic E-state index is 0.745. The SMILES string of the molecule is Cc1cc(CN[C@@H]2C[C@H]2C)c(C)o1. The Kier molecular flexibility index (Phi) is 2.16. The molecule has 1 aromatic heterocycles. The number of hydrogen-bond acceptors (Lipinski definition) is 2. The number of nitrogens with one attached hydrogen (secondary N) is 1. The van der Waals surface area contributed by atoms with Gasteiger partial charge in [0.2, 0.25) is 0 Å². The third-order valence-electron chi connectivity index (χ3n) is 2.81. The van der Waals surface area contributed by atoms with Crippen molar-refractivity contribution < 1.29 is 4.42 Å². The molecule has 0 saturated heterocycles. The van der Waals surface area contributed by atoms with E-state index in [2.05, 4.69) is 18.3 Å². The van der Waals surface area contributed by atoms with Crippen LogP contribution in [0.5, 0.6) is 0 Å². The van der Waals surface area contributed by atoms with Crippen LogP contribution >= 0.6 is 0 Å². The van der Waals surface area contributed by atoms with Crippen LogP contribution in [0, 0.1) is 19.8 Å². The molecular formula is C11H17NO. The van der Waals surface area contributed by atoms with Gasteiger partial charge in [-0.1, -0.05) is 6.92 Å². The second kappa shape index (κ2) is 3.18. The van der Waals surface area contributed by atoms with E-state index < -0.39 is 0 Å². The van der Waals surface area contributed by atoms with Crippen LogP contribution in [-0.2, 0) is 6.54 Å². The maximum atomic E-state index is 5.45. The molecule has 1 aliphatic carbocycles. The summed E-state index contributed by atoms with van der Waals surface area (Å²) in [5.41, 5.74) is 1.30. The highest BCUT2D eigenvalue weighted by Gasteiger charge is 2.31. The molecule has 2 rings (SSSR count). The molecule has 2 atom stereocenters. The van der Waals surface area contributed by atoms with E-state index in [0.717, 1.165) is 30.0 Å². The van der Waals surface area contributed by atoms with Crippen LogP contribution in [0.1, 0.15) is 30.4 Å². The largest absolute Gasteiger partial charge is 0.466 e. The summed E-state index contributed by atoms with van der Waals surface area (Å²) < 4.78 is 5.45. The fourth-order valence-corrected chi connectivity index (χ4v) is 1.71. The topological polar surface area (TPSA) is 25.2 Å². The first-order valence-electron chi connectivity index (χ1n) is 4.96. The third-order valence-corrected chi connectivity index (χ3v) is 2.81. The molecule has 0 radical (unpaired) electrons. The Bertz CT molecular complexity index is 303. The van der Waals surface area contributed by atoms with E-state index in [1.807, 2.05) is 13.8 Å². The molecule has 1 aromatic rings. The molecule has 2 nitrogen and oxygen atoms in total. The molecule has 1 N–H and O–H groups in total. The maximum Gasteiger partial charge on any atom is 0.105 e. The van der Waals surface area contributed by atoms with E-state index in [9.17, 15) is 0 Å². The van der Waals surface area contributed by atoms with Gasteiger partial charge >= 0.3 is 0 Å². The number of hydrogen-bond donors (Lipinski definition) is 1. The van der Waals surface area contributed by atoms with Crippen LogP contribution < -0.4 is 5.32 Å². The van der Waals surface area contributed by atoms with E-state index in [1.54, 1.807) is 0 Å².